The maximum Gasteiger partial charge on any atom is 0.339 e. The van der Waals surface area contributed by atoms with E-state index in [2.05, 4.69) is 13.8 Å². The number of hydrogen-bond acceptors (Lipinski definition) is 3. The van der Waals surface area contributed by atoms with Gasteiger partial charge >= 0.3 is 5.97 Å². The summed E-state index contributed by atoms with van der Waals surface area (Å²) in [5.74, 6) is -0.407. The van der Waals surface area contributed by atoms with Crippen molar-refractivity contribution < 1.29 is 19.4 Å². The van der Waals surface area contributed by atoms with E-state index in [-0.39, 0.29) is 17.9 Å². The van der Waals surface area contributed by atoms with Gasteiger partial charge < -0.3 is 14.6 Å². The van der Waals surface area contributed by atoms with Crippen molar-refractivity contribution in [2.24, 2.45) is 5.92 Å². The molecule has 0 radical (unpaired) electrons. The van der Waals surface area contributed by atoms with E-state index in [9.17, 15) is 4.79 Å². The van der Waals surface area contributed by atoms with E-state index < -0.39 is 5.97 Å². The molecule has 5 heteroatoms. The SMILES string of the molecule is CC(C)COCCOc1c(Cl)cccc1C(=O)O. The van der Waals surface area contributed by atoms with Gasteiger partial charge in [0.25, 0.3) is 0 Å². The van der Waals surface area contributed by atoms with Gasteiger partial charge in [0.1, 0.15) is 12.2 Å². The van der Waals surface area contributed by atoms with Crippen LogP contribution in [0.25, 0.3) is 0 Å². The van der Waals surface area contributed by atoms with Crippen molar-refractivity contribution in [2.75, 3.05) is 19.8 Å². The Morgan fingerprint density at radius 1 is 1.39 bits per heavy atom. The summed E-state index contributed by atoms with van der Waals surface area (Å²) in [5, 5.41) is 9.29. The predicted octanol–water partition coefficient (Wildman–Crippen LogP) is 3.09. The summed E-state index contributed by atoms with van der Waals surface area (Å²) in [6.07, 6.45) is 0. The van der Waals surface area contributed by atoms with Gasteiger partial charge in [0.2, 0.25) is 0 Å². The van der Waals surface area contributed by atoms with E-state index in [1.54, 1.807) is 12.1 Å². The Kier molecular flexibility index (Phi) is 5.95. The highest BCUT2D eigenvalue weighted by Crippen LogP contribution is 2.28. The number of ether oxygens (including phenoxy) is 2. The molecule has 1 aromatic carbocycles. The van der Waals surface area contributed by atoms with Crippen molar-refractivity contribution in [3.63, 3.8) is 0 Å². The molecule has 0 saturated heterocycles. The normalized spacial score (nSPS) is 10.7. The van der Waals surface area contributed by atoms with Crippen LogP contribution in [0.5, 0.6) is 5.75 Å². The highest BCUT2D eigenvalue weighted by atomic mass is 35.5. The van der Waals surface area contributed by atoms with Crippen LogP contribution in [0.1, 0.15) is 24.2 Å². The smallest absolute Gasteiger partial charge is 0.339 e. The van der Waals surface area contributed by atoms with E-state index >= 15 is 0 Å². The van der Waals surface area contributed by atoms with Crippen molar-refractivity contribution in [1.29, 1.82) is 0 Å². The summed E-state index contributed by atoms with van der Waals surface area (Å²) in [7, 11) is 0. The average Bonchev–Trinajstić information content (AvgIpc) is 2.29. The monoisotopic (exact) mass is 272 g/mol. The van der Waals surface area contributed by atoms with E-state index in [0.717, 1.165) is 0 Å². The molecule has 0 atom stereocenters. The van der Waals surface area contributed by atoms with Crippen molar-refractivity contribution in [2.45, 2.75) is 13.8 Å². The fourth-order valence-corrected chi connectivity index (χ4v) is 1.57. The molecule has 0 amide bonds. The van der Waals surface area contributed by atoms with Crippen molar-refractivity contribution in [1.82, 2.24) is 0 Å². The summed E-state index contributed by atoms with van der Waals surface area (Å²) >= 11 is 5.91. The van der Waals surface area contributed by atoms with Crippen molar-refractivity contribution in [3.8, 4) is 5.75 Å². The average molecular weight is 273 g/mol. The van der Waals surface area contributed by atoms with Crippen LogP contribution in [0.15, 0.2) is 18.2 Å². The topological polar surface area (TPSA) is 55.8 Å². The Morgan fingerprint density at radius 2 is 2.11 bits per heavy atom. The molecule has 0 aliphatic rings. The first-order chi connectivity index (χ1) is 8.52. The molecular weight excluding hydrogens is 256 g/mol. The third-order valence-corrected chi connectivity index (χ3v) is 2.42. The maximum atomic E-state index is 11.0. The Labute approximate surface area is 111 Å². The van der Waals surface area contributed by atoms with Gasteiger partial charge in [-0.2, -0.15) is 0 Å². The number of carbonyl (C=O) groups is 1. The Balaban J connectivity index is 2.53. The molecule has 4 nitrogen and oxygen atoms in total. The Hall–Kier alpha value is -1.26. The molecule has 0 aliphatic heterocycles. The molecule has 0 unspecified atom stereocenters. The highest BCUT2D eigenvalue weighted by Gasteiger charge is 2.14. The second-order valence-corrected chi connectivity index (χ2v) is 4.65. The largest absolute Gasteiger partial charge is 0.489 e. The zero-order valence-electron chi connectivity index (χ0n) is 10.5. The fourth-order valence-electron chi connectivity index (χ4n) is 1.35. The van der Waals surface area contributed by atoms with Gasteiger partial charge in [-0.1, -0.05) is 31.5 Å². The lowest BCUT2D eigenvalue weighted by atomic mass is 10.2. The number of carboxylic acids is 1. The van der Waals surface area contributed by atoms with Crippen LogP contribution >= 0.6 is 11.6 Å². The minimum absolute atomic E-state index is 0.0614. The van der Waals surface area contributed by atoms with Crippen LogP contribution in [0.2, 0.25) is 5.02 Å². The molecule has 0 aromatic heterocycles. The first-order valence-electron chi connectivity index (χ1n) is 5.74. The van der Waals surface area contributed by atoms with Gasteiger partial charge in [0.15, 0.2) is 5.75 Å². The third kappa shape index (κ3) is 4.55. The summed E-state index contributed by atoms with van der Waals surface area (Å²) in [6.45, 7) is 5.44. The zero-order valence-corrected chi connectivity index (χ0v) is 11.2. The molecule has 0 fully saturated rings. The van der Waals surface area contributed by atoms with Gasteiger partial charge in [-0.25, -0.2) is 4.79 Å². The minimum atomic E-state index is -1.06. The van der Waals surface area contributed by atoms with E-state index in [0.29, 0.717) is 24.2 Å². The summed E-state index contributed by atoms with van der Waals surface area (Å²) in [4.78, 5) is 11.0. The lowest BCUT2D eigenvalue weighted by molar-refractivity contribution is 0.0677. The second kappa shape index (κ2) is 7.24. The van der Waals surface area contributed by atoms with Gasteiger partial charge in [0, 0.05) is 6.61 Å². The first kappa shape index (κ1) is 14.8. The minimum Gasteiger partial charge on any atom is -0.489 e. The summed E-state index contributed by atoms with van der Waals surface area (Å²) < 4.78 is 10.7. The molecule has 0 aliphatic carbocycles. The lowest BCUT2D eigenvalue weighted by Crippen LogP contribution is -2.12. The number of hydrogen-bond donors (Lipinski definition) is 1. The molecule has 100 valence electrons. The maximum absolute atomic E-state index is 11.0. The number of aromatic carboxylic acids is 1. The Bertz CT molecular complexity index is 404. The van der Waals surface area contributed by atoms with E-state index in [1.165, 1.54) is 6.07 Å². The van der Waals surface area contributed by atoms with Gasteiger partial charge in [-0.15, -0.1) is 0 Å². The quantitative estimate of drug-likeness (QED) is 0.775. The number of benzene rings is 1. The van der Waals surface area contributed by atoms with Crippen LogP contribution in [-0.4, -0.2) is 30.9 Å². The highest BCUT2D eigenvalue weighted by molar-refractivity contribution is 6.32. The van der Waals surface area contributed by atoms with Crippen LogP contribution in [0, 0.1) is 5.92 Å². The first-order valence-corrected chi connectivity index (χ1v) is 6.12. The van der Waals surface area contributed by atoms with Crippen LogP contribution in [-0.2, 0) is 4.74 Å². The van der Waals surface area contributed by atoms with Crippen molar-refractivity contribution >= 4 is 17.6 Å². The molecule has 0 heterocycles. The number of rotatable bonds is 7. The molecule has 1 rings (SSSR count). The molecule has 1 N–H and O–H groups in total. The number of halogens is 1. The van der Waals surface area contributed by atoms with Gasteiger partial charge in [0.05, 0.1) is 11.6 Å². The second-order valence-electron chi connectivity index (χ2n) is 4.24. The summed E-state index contributed by atoms with van der Waals surface area (Å²) in [6, 6.07) is 4.63. The zero-order chi connectivity index (χ0) is 13.5. The molecule has 0 spiro atoms. The van der Waals surface area contributed by atoms with Crippen LogP contribution in [0.4, 0.5) is 0 Å². The fraction of sp³-hybridized carbons (Fsp3) is 0.462. The molecular formula is C13H17ClO4. The lowest BCUT2D eigenvalue weighted by Gasteiger charge is -2.11. The third-order valence-electron chi connectivity index (χ3n) is 2.12. The molecule has 0 saturated carbocycles. The summed E-state index contributed by atoms with van der Waals surface area (Å²) in [5.41, 5.74) is 0.0614. The predicted molar refractivity (Wildman–Crippen MR) is 69.6 cm³/mol. The molecule has 18 heavy (non-hydrogen) atoms. The molecule has 0 bridgehead atoms. The number of carboxylic acid groups (broad SMARTS) is 1. The van der Waals surface area contributed by atoms with Gasteiger partial charge in [-0.3, -0.25) is 0 Å². The van der Waals surface area contributed by atoms with Crippen molar-refractivity contribution in [3.05, 3.63) is 28.8 Å². The molecule has 1 aromatic rings. The number of para-hydroxylation sites is 1. The Morgan fingerprint density at radius 3 is 2.72 bits per heavy atom. The van der Waals surface area contributed by atoms with Crippen LogP contribution in [0.3, 0.4) is 0 Å². The van der Waals surface area contributed by atoms with E-state index in [1.807, 2.05) is 0 Å². The van der Waals surface area contributed by atoms with Gasteiger partial charge in [-0.05, 0) is 18.1 Å². The van der Waals surface area contributed by atoms with Crippen LogP contribution < -0.4 is 4.74 Å². The van der Waals surface area contributed by atoms with E-state index in [4.69, 9.17) is 26.2 Å². The standard InChI is InChI=1S/C13H17ClO4/c1-9(2)8-17-6-7-18-12-10(13(15)16)4-3-5-11(12)14/h3-5,9H,6-8H2,1-2H3,(H,15,16).